The molecule has 0 aliphatic heterocycles. The van der Waals surface area contributed by atoms with Crippen molar-refractivity contribution < 1.29 is 13.9 Å². The summed E-state index contributed by atoms with van der Waals surface area (Å²) in [5.41, 5.74) is -0.0566. The van der Waals surface area contributed by atoms with Gasteiger partial charge in [0.05, 0.1) is 6.61 Å². The van der Waals surface area contributed by atoms with Crippen LogP contribution >= 0.6 is 0 Å². The Balaban J connectivity index is 2.88. The molecule has 84 valence electrons. The second kappa shape index (κ2) is 5.76. The Morgan fingerprint density at radius 2 is 2.31 bits per heavy atom. The van der Waals surface area contributed by atoms with Crippen molar-refractivity contribution in [2.24, 2.45) is 0 Å². The van der Waals surface area contributed by atoms with Gasteiger partial charge in [-0.1, -0.05) is 6.92 Å². The van der Waals surface area contributed by atoms with Crippen molar-refractivity contribution in [2.45, 2.75) is 20.3 Å². The average molecular weight is 219 g/mol. The molecule has 0 fully saturated rings. The zero-order valence-electron chi connectivity index (χ0n) is 9.32. The molecule has 1 rings (SSSR count). The fourth-order valence-corrected chi connectivity index (χ4v) is 1.15. The topological polar surface area (TPSA) is 63.2 Å². The molecule has 0 unspecified atom stereocenters. The maximum absolute atomic E-state index is 11.3. The number of carbonyl (C=O) groups is 1. The SMILES string of the molecule is CCOC(=O)/C(C#N)=C/c1ccc(CC)o1. The smallest absolute Gasteiger partial charge is 0.349 e. The van der Waals surface area contributed by atoms with Crippen LogP contribution in [0.1, 0.15) is 25.4 Å². The highest BCUT2D eigenvalue weighted by atomic mass is 16.5. The van der Waals surface area contributed by atoms with E-state index in [0.29, 0.717) is 5.76 Å². The predicted molar refractivity (Wildman–Crippen MR) is 58.3 cm³/mol. The summed E-state index contributed by atoms with van der Waals surface area (Å²) >= 11 is 0. The first-order chi connectivity index (χ1) is 7.71. The third kappa shape index (κ3) is 2.99. The molecule has 1 aromatic heterocycles. The lowest BCUT2D eigenvalue weighted by Crippen LogP contribution is -2.05. The van der Waals surface area contributed by atoms with Crippen LogP contribution < -0.4 is 0 Å². The molecule has 4 heteroatoms. The Bertz CT molecular complexity index is 437. The number of hydrogen-bond donors (Lipinski definition) is 0. The highest BCUT2D eigenvalue weighted by Crippen LogP contribution is 2.12. The number of hydrogen-bond acceptors (Lipinski definition) is 4. The van der Waals surface area contributed by atoms with Gasteiger partial charge in [-0.15, -0.1) is 0 Å². The van der Waals surface area contributed by atoms with Crippen molar-refractivity contribution in [1.29, 1.82) is 5.26 Å². The van der Waals surface area contributed by atoms with Gasteiger partial charge in [0.1, 0.15) is 23.2 Å². The monoisotopic (exact) mass is 219 g/mol. The highest BCUT2D eigenvalue weighted by molar-refractivity contribution is 5.97. The minimum absolute atomic E-state index is 0.0566. The molecule has 0 aliphatic carbocycles. The van der Waals surface area contributed by atoms with Gasteiger partial charge in [-0.2, -0.15) is 5.26 Å². The summed E-state index contributed by atoms with van der Waals surface area (Å²) in [6.45, 7) is 3.90. The molecule has 16 heavy (non-hydrogen) atoms. The van der Waals surface area contributed by atoms with E-state index >= 15 is 0 Å². The number of esters is 1. The van der Waals surface area contributed by atoms with Gasteiger partial charge >= 0.3 is 5.97 Å². The lowest BCUT2D eigenvalue weighted by atomic mass is 10.2. The standard InChI is InChI=1S/C12H13NO3/c1-3-10-5-6-11(16-10)7-9(8-13)12(14)15-4-2/h5-7H,3-4H2,1-2H3/b9-7+. The van der Waals surface area contributed by atoms with Crippen molar-refractivity contribution >= 4 is 12.0 Å². The summed E-state index contributed by atoms with van der Waals surface area (Å²) in [5.74, 6) is 0.674. The van der Waals surface area contributed by atoms with Gasteiger partial charge in [-0.3, -0.25) is 0 Å². The Morgan fingerprint density at radius 1 is 1.56 bits per heavy atom. The van der Waals surface area contributed by atoms with Crippen LogP contribution in [0.25, 0.3) is 6.08 Å². The van der Waals surface area contributed by atoms with Crippen LogP contribution in [0.2, 0.25) is 0 Å². The first-order valence-electron chi connectivity index (χ1n) is 5.08. The molecular formula is C12H13NO3. The van der Waals surface area contributed by atoms with Gasteiger partial charge in [0.15, 0.2) is 0 Å². The molecule has 0 aromatic carbocycles. The normalized spacial score (nSPS) is 10.9. The van der Waals surface area contributed by atoms with Gasteiger partial charge in [0.25, 0.3) is 0 Å². The minimum atomic E-state index is -0.626. The fraction of sp³-hybridized carbons (Fsp3) is 0.333. The van der Waals surface area contributed by atoms with E-state index in [-0.39, 0.29) is 12.2 Å². The number of furan rings is 1. The van der Waals surface area contributed by atoms with Gasteiger partial charge in [0, 0.05) is 12.5 Å². The molecule has 0 saturated heterocycles. The van der Waals surface area contributed by atoms with E-state index in [1.165, 1.54) is 6.08 Å². The van der Waals surface area contributed by atoms with E-state index in [1.807, 2.05) is 13.0 Å². The first kappa shape index (κ1) is 12.1. The molecule has 0 bridgehead atoms. The lowest BCUT2D eigenvalue weighted by molar-refractivity contribution is -0.137. The van der Waals surface area contributed by atoms with E-state index in [1.54, 1.807) is 19.1 Å². The summed E-state index contributed by atoms with van der Waals surface area (Å²) < 4.78 is 10.1. The highest BCUT2D eigenvalue weighted by Gasteiger charge is 2.10. The molecule has 0 radical (unpaired) electrons. The van der Waals surface area contributed by atoms with Crippen molar-refractivity contribution in [2.75, 3.05) is 6.61 Å². The average Bonchev–Trinajstić information content (AvgIpc) is 2.73. The number of nitriles is 1. The molecule has 0 spiro atoms. The molecule has 4 nitrogen and oxygen atoms in total. The largest absolute Gasteiger partial charge is 0.462 e. The summed E-state index contributed by atoms with van der Waals surface area (Å²) in [5, 5.41) is 8.79. The quantitative estimate of drug-likeness (QED) is 0.443. The molecule has 0 aliphatic rings. The van der Waals surface area contributed by atoms with Crippen LogP contribution in [0.3, 0.4) is 0 Å². The molecule has 0 amide bonds. The van der Waals surface area contributed by atoms with E-state index < -0.39 is 5.97 Å². The van der Waals surface area contributed by atoms with Crippen molar-refractivity contribution in [3.05, 3.63) is 29.2 Å². The molecule has 0 saturated carbocycles. The molecule has 0 atom stereocenters. The molecule has 0 N–H and O–H groups in total. The summed E-state index contributed by atoms with van der Waals surface area (Å²) in [6.07, 6.45) is 2.16. The summed E-state index contributed by atoms with van der Waals surface area (Å²) in [7, 11) is 0. The predicted octanol–water partition coefficient (Wildman–Crippen LogP) is 2.31. The van der Waals surface area contributed by atoms with Crippen LogP contribution in [0.4, 0.5) is 0 Å². The van der Waals surface area contributed by atoms with Crippen molar-refractivity contribution in [3.63, 3.8) is 0 Å². The molecule has 1 heterocycles. The zero-order chi connectivity index (χ0) is 12.0. The second-order valence-electron chi connectivity index (χ2n) is 3.05. The number of carbonyl (C=O) groups excluding carboxylic acids is 1. The lowest BCUT2D eigenvalue weighted by Gasteiger charge is -1.97. The van der Waals surface area contributed by atoms with Gasteiger partial charge in [-0.05, 0) is 19.1 Å². The molecular weight excluding hydrogens is 206 g/mol. The Labute approximate surface area is 94.1 Å². The summed E-state index contributed by atoms with van der Waals surface area (Å²) in [6, 6.07) is 5.32. The van der Waals surface area contributed by atoms with E-state index in [9.17, 15) is 4.79 Å². The van der Waals surface area contributed by atoms with E-state index in [0.717, 1.165) is 12.2 Å². The Morgan fingerprint density at radius 3 is 2.81 bits per heavy atom. The maximum atomic E-state index is 11.3. The van der Waals surface area contributed by atoms with Gasteiger partial charge in [-0.25, -0.2) is 4.79 Å². The third-order valence-corrected chi connectivity index (χ3v) is 1.93. The minimum Gasteiger partial charge on any atom is -0.462 e. The first-order valence-corrected chi connectivity index (χ1v) is 5.08. The van der Waals surface area contributed by atoms with Crippen molar-refractivity contribution in [3.8, 4) is 6.07 Å². The number of nitrogens with zero attached hydrogens (tertiary/aromatic N) is 1. The molecule has 1 aromatic rings. The number of ether oxygens (including phenoxy) is 1. The number of rotatable bonds is 4. The fourth-order valence-electron chi connectivity index (χ4n) is 1.15. The van der Waals surface area contributed by atoms with E-state index in [4.69, 9.17) is 14.4 Å². The van der Waals surface area contributed by atoms with Crippen LogP contribution in [0.5, 0.6) is 0 Å². The van der Waals surface area contributed by atoms with Gasteiger partial charge < -0.3 is 9.15 Å². The second-order valence-corrected chi connectivity index (χ2v) is 3.05. The third-order valence-electron chi connectivity index (χ3n) is 1.93. The zero-order valence-corrected chi connectivity index (χ0v) is 9.32. The van der Waals surface area contributed by atoms with Gasteiger partial charge in [0.2, 0.25) is 0 Å². The van der Waals surface area contributed by atoms with Crippen LogP contribution in [-0.4, -0.2) is 12.6 Å². The Kier molecular flexibility index (Phi) is 4.34. The van der Waals surface area contributed by atoms with E-state index in [2.05, 4.69) is 0 Å². The van der Waals surface area contributed by atoms with Crippen LogP contribution in [-0.2, 0) is 16.0 Å². The van der Waals surface area contributed by atoms with Crippen LogP contribution in [0, 0.1) is 11.3 Å². The maximum Gasteiger partial charge on any atom is 0.349 e. The van der Waals surface area contributed by atoms with Crippen LogP contribution in [0.15, 0.2) is 22.1 Å². The van der Waals surface area contributed by atoms with Crippen molar-refractivity contribution in [1.82, 2.24) is 0 Å². The Hall–Kier alpha value is -2.02. The summed E-state index contributed by atoms with van der Waals surface area (Å²) in [4.78, 5) is 11.3. The number of aryl methyl sites for hydroxylation is 1.